The Hall–Kier alpha value is -1.88. The van der Waals surface area contributed by atoms with Crippen LogP contribution < -0.4 is 5.32 Å². The predicted octanol–water partition coefficient (Wildman–Crippen LogP) is 3.21. The fourth-order valence-electron chi connectivity index (χ4n) is 3.15. The first-order valence-corrected chi connectivity index (χ1v) is 8.27. The highest BCUT2D eigenvalue weighted by Gasteiger charge is 2.35. The number of carbonyl (C=O) groups is 1. The van der Waals surface area contributed by atoms with Crippen molar-refractivity contribution in [1.29, 1.82) is 0 Å². The van der Waals surface area contributed by atoms with Crippen LogP contribution in [-0.2, 0) is 0 Å². The van der Waals surface area contributed by atoms with Crippen molar-refractivity contribution >= 4 is 12.2 Å². The summed E-state index contributed by atoms with van der Waals surface area (Å²) in [5, 5.41) is 12.5. The Morgan fingerprint density at radius 3 is 2.78 bits per heavy atom. The molecule has 2 atom stereocenters. The molecule has 1 aliphatic heterocycles. The molecule has 1 aromatic carbocycles. The lowest BCUT2D eigenvalue weighted by Gasteiger charge is -2.30. The van der Waals surface area contributed by atoms with E-state index < -0.39 is 6.09 Å². The largest absolute Gasteiger partial charge is 0.465 e. The number of amides is 1. The van der Waals surface area contributed by atoms with Gasteiger partial charge in [-0.25, -0.2) is 9.18 Å². The van der Waals surface area contributed by atoms with Crippen molar-refractivity contribution in [3.63, 3.8) is 0 Å². The van der Waals surface area contributed by atoms with Crippen molar-refractivity contribution < 1.29 is 14.3 Å². The zero-order chi connectivity index (χ0) is 16.2. The zero-order valence-electron chi connectivity index (χ0n) is 13.1. The van der Waals surface area contributed by atoms with Gasteiger partial charge in [0.05, 0.1) is 0 Å². The summed E-state index contributed by atoms with van der Waals surface area (Å²) in [7, 11) is 0. The van der Waals surface area contributed by atoms with E-state index in [9.17, 15) is 9.18 Å². The van der Waals surface area contributed by atoms with Gasteiger partial charge in [-0.05, 0) is 43.7 Å². The molecule has 2 aliphatic rings. The van der Waals surface area contributed by atoms with Gasteiger partial charge in [0.1, 0.15) is 5.82 Å². The summed E-state index contributed by atoms with van der Waals surface area (Å²) in [6.45, 7) is 2.23. The molecule has 2 N–H and O–H groups in total. The molecule has 4 nitrogen and oxygen atoms in total. The highest BCUT2D eigenvalue weighted by atomic mass is 19.1. The maximum absolute atomic E-state index is 13.5. The summed E-state index contributed by atoms with van der Waals surface area (Å²) in [5.74, 6) is 0.857. The minimum atomic E-state index is -0.808. The van der Waals surface area contributed by atoms with E-state index in [-0.39, 0.29) is 5.82 Å². The van der Waals surface area contributed by atoms with Crippen molar-refractivity contribution in [2.24, 2.45) is 11.8 Å². The molecule has 1 amide bonds. The van der Waals surface area contributed by atoms with E-state index in [1.807, 2.05) is 12.1 Å². The number of rotatable bonds is 5. The van der Waals surface area contributed by atoms with Crippen LogP contribution >= 0.6 is 0 Å². The van der Waals surface area contributed by atoms with Crippen LogP contribution in [0.4, 0.5) is 9.18 Å². The van der Waals surface area contributed by atoms with Gasteiger partial charge in [0, 0.05) is 24.7 Å². The average Bonchev–Trinajstić information content (AvgIpc) is 3.31. The Labute approximate surface area is 136 Å². The molecule has 5 heteroatoms. The summed E-state index contributed by atoms with van der Waals surface area (Å²) in [6.07, 6.45) is 6.11. The molecule has 0 bridgehead atoms. The quantitative estimate of drug-likeness (QED) is 0.876. The zero-order valence-corrected chi connectivity index (χ0v) is 13.1. The van der Waals surface area contributed by atoms with Crippen LogP contribution in [0.3, 0.4) is 0 Å². The van der Waals surface area contributed by atoms with Gasteiger partial charge < -0.3 is 15.3 Å². The third-order valence-electron chi connectivity index (χ3n) is 4.82. The van der Waals surface area contributed by atoms with Crippen LogP contribution in [-0.4, -0.2) is 41.8 Å². The average molecular weight is 318 g/mol. The number of hydrogen-bond donors (Lipinski definition) is 2. The van der Waals surface area contributed by atoms with Crippen molar-refractivity contribution in [2.45, 2.75) is 25.3 Å². The van der Waals surface area contributed by atoms with Gasteiger partial charge in [-0.15, -0.1) is 0 Å². The van der Waals surface area contributed by atoms with E-state index in [1.54, 1.807) is 12.1 Å². The summed E-state index contributed by atoms with van der Waals surface area (Å²) in [5.41, 5.74) is 0.638. The van der Waals surface area contributed by atoms with Crippen LogP contribution in [0.1, 0.15) is 24.8 Å². The first kappa shape index (κ1) is 16.0. The van der Waals surface area contributed by atoms with Crippen LogP contribution in [0.15, 0.2) is 30.3 Å². The van der Waals surface area contributed by atoms with E-state index in [2.05, 4.69) is 11.4 Å². The van der Waals surface area contributed by atoms with Gasteiger partial charge in [-0.1, -0.05) is 30.4 Å². The molecule has 1 aliphatic carbocycles. The second kappa shape index (κ2) is 7.13. The van der Waals surface area contributed by atoms with E-state index in [0.717, 1.165) is 25.8 Å². The Balaban J connectivity index is 1.37. The molecular formula is C18H23FN2O2. The number of piperidine rings is 1. The van der Waals surface area contributed by atoms with Crippen molar-refractivity contribution in [1.82, 2.24) is 10.2 Å². The lowest BCUT2D eigenvalue weighted by Crippen LogP contribution is -2.40. The standard InChI is InChI=1S/C18H23FN2O2/c19-16-4-2-1-3-14(16)5-6-15-11-17(15)20-12-13-7-9-21(10-8-13)18(22)23/h1-6,13,15,17,20H,7-12H2,(H,22,23). The molecule has 1 saturated carbocycles. The molecular weight excluding hydrogens is 295 g/mol. The normalized spacial score (nSPS) is 25.0. The number of carboxylic acid groups (broad SMARTS) is 1. The van der Waals surface area contributed by atoms with Crippen LogP contribution in [0.5, 0.6) is 0 Å². The lowest BCUT2D eigenvalue weighted by atomic mass is 9.97. The van der Waals surface area contributed by atoms with E-state index in [1.165, 1.54) is 11.0 Å². The molecule has 2 fully saturated rings. The molecule has 3 rings (SSSR count). The van der Waals surface area contributed by atoms with Gasteiger partial charge in [0.2, 0.25) is 0 Å². The Kier molecular flexibility index (Phi) is 4.96. The Morgan fingerprint density at radius 1 is 1.35 bits per heavy atom. The minimum absolute atomic E-state index is 0.181. The van der Waals surface area contributed by atoms with Crippen molar-refractivity contribution in [2.75, 3.05) is 19.6 Å². The number of nitrogens with one attached hydrogen (secondary N) is 1. The molecule has 1 aromatic rings. The minimum Gasteiger partial charge on any atom is -0.465 e. The summed E-state index contributed by atoms with van der Waals surface area (Å²) in [6, 6.07) is 7.28. The van der Waals surface area contributed by atoms with Crippen LogP contribution in [0.25, 0.3) is 6.08 Å². The van der Waals surface area contributed by atoms with Gasteiger partial charge in [0.15, 0.2) is 0 Å². The highest BCUT2D eigenvalue weighted by molar-refractivity contribution is 5.64. The fourth-order valence-corrected chi connectivity index (χ4v) is 3.15. The maximum atomic E-state index is 13.5. The van der Waals surface area contributed by atoms with Gasteiger partial charge in [-0.2, -0.15) is 0 Å². The Morgan fingerprint density at radius 2 is 2.09 bits per heavy atom. The number of hydrogen-bond acceptors (Lipinski definition) is 2. The maximum Gasteiger partial charge on any atom is 0.407 e. The van der Waals surface area contributed by atoms with Crippen LogP contribution in [0, 0.1) is 17.7 Å². The SMILES string of the molecule is O=C(O)N1CCC(CNC2CC2C=Cc2ccccc2F)CC1. The fraction of sp³-hybridized carbons (Fsp3) is 0.500. The van der Waals surface area contributed by atoms with Crippen molar-refractivity contribution in [3.8, 4) is 0 Å². The molecule has 23 heavy (non-hydrogen) atoms. The van der Waals surface area contributed by atoms with Crippen LogP contribution in [0.2, 0.25) is 0 Å². The number of likely N-dealkylation sites (tertiary alicyclic amines) is 1. The summed E-state index contributed by atoms with van der Waals surface area (Å²) < 4.78 is 13.5. The monoisotopic (exact) mass is 318 g/mol. The van der Waals surface area contributed by atoms with Gasteiger partial charge in [-0.3, -0.25) is 0 Å². The third kappa shape index (κ3) is 4.32. The first-order valence-electron chi connectivity index (χ1n) is 8.27. The second-order valence-corrected chi connectivity index (χ2v) is 6.51. The number of nitrogens with zero attached hydrogens (tertiary/aromatic N) is 1. The first-order chi connectivity index (χ1) is 11.1. The lowest BCUT2D eigenvalue weighted by molar-refractivity contribution is 0.124. The molecule has 1 heterocycles. The molecule has 0 aromatic heterocycles. The Bertz CT molecular complexity index is 582. The predicted molar refractivity (Wildman–Crippen MR) is 87.7 cm³/mol. The van der Waals surface area contributed by atoms with Gasteiger partial charge in [0.25, 0.3) is 0 Å². The summed E-state index contributed by atoms with van der Waals surface area (Å²) in [4.78, 5) is 12.4. The summed E-state index contributed by atoms with van der Waals surface area (Å²) >= 11 is 0. The smallest absolute Gasteiger partial charge is 0.407 e. The molecule has 124 valence electrons. The molecule has 2 unspecified atom stereocenters. The van der Waals surface area contributed by atoms with E-state index >= 15 is 0 Å². The van der Waals surface area contributed by atoms with Gasteiger partial charge >= 0.3 is 6.09 Å². The van der Waals surface area contributed by atoms with Crippen molar-refractivity contribution in [3.05, 3.63) is 41.7 Å². The second-order valence-electron chi connectivity index (χ2n) is 6.51. The molecule has 1 saturated heterocycles. The number of halogens is 1. The van der Waals surface area contributed by atoms with E-state index in [0.29, 0.717) is 36.5 Å². The number of benzene rings is 1. The molecule has 0 radical (unpaired) electrons. The third-order valence-corrected chi connectivity index (χ3v) is 4.82. The molecule has 0 spiro atoms. The topological polar surface area (TPSA) is 52.6 Å². The highest BCUT2D eigenvalue weighted by Crippen LogP contribution is 2.33. The van der Waals surface area contributed by atoms with E-state index in [4.69, 9.17) is 5.11 Å².